The maximum atomic E-state index is 14.6. The minimum Gasteiger partial charge on any atom is -0.355 e. The van der Waals surface area contributed by atoms with Gasteiger partial charge in [0.25, 0.3) is 0 Å². The second-order valence-electron chi connectivity index (χ2n) is 8.13. The first-order chi connectivity index (χ1) is 13.2. The van der Waals surface area contributed by atoms with Gasteiger partial charge in [0.2, 0.25) is 5.91 Å². The summed E-state index contributed by atoms with van der Waals surface area (Å²) in [5.41, 5.74) is -0.723. The van der Waals surface area contributed by atoms with Crippen molar-refractivity contribution in [2.24, 2.45) is 17.3 Å². The van der Waals surface area contributed by atoms with Gasteiger partial charge >= 0.3 is 0 Å². The number of aromatic amines is 1. The van der Waals surface area contributed by atoms with E-state index < -0.39 is 35.0 Å². The molecule has 4 rings (SSSR count). The number of amides is 1. The Morgan fingerprint density at radius 1 is 1.39 bits per heavy atom. The number of H-pyrrole nitrogens is 1. The van der Waals surface area contributed by atoms with Gasteiger partial charge in [-0.05, 0) is 50.2 Å². The number of hydrogen-bond acceptors (Lipinski definition) is 2. The number of carbonyl (C=O) groups is 1. The van der Waals surface area contributed by atoms with Crippen LogP contribution in [0.3, 0.4) is 0 Å². The minimum atomic E-state index is -2.27. The summed E-state index contributed by atoms with van der Waals surface area (Å²) in [5.74, 6) is -4.32. The first kappa shape index (κ1) is 19.4. The van der Waals surface area contributed by atoms with Gasteiger partial charge in [-0.3, -0.25) is 4.79 Å². The summed E-state index contributed by atoms with van der Waals surface area (Å²) in [6, 6.07) is 0. The number of carbonyl (C=O) groups excluding carboxylic acids is 1. The molecular weight excluding hydrogens is 394 g/mol. The van der Waals surface area contributed by atoms with Gasteiger partial charge in [0.05, 0.1) is 11.8 Å². The molecule has 1 fully saturated rings. The third-order valence-corrected chi connectivity index (χ3v) is 6.53. The first-order valence-corrected chi connectivity index (χ1v) is 9.76. The van der Waals surface area contributed by atoms with Crippen LogP contribution in [0.2, 0.25) is 0 Å². The number of fused-ring (bicyclic) bond motifs is 1. The molecule has 28 heavy (non-hydrogen) atoms. The lowest BCUT2D eigenvalue weighted by Gasteiger charge is -2.38. The highest BCUT2D eigenvalue weighted by molar-refractivity contribution is 7.71. The maximum Gasteiger partial charge on any atom is 0.226 e. The quantitative estimate of drug-likeness (QED) is 0.561. The van der Waals surface area contributed by atoms with Crippen LogP contribution in [0.5, 0.6) is 0 Å². The molecule has 1 saturated carbocycles. The van der Waals surface area contributed by atoms with E-state index in [-0.39, 0.29) is 31.4 Å². The number of nitrogens with one attached hydrogen (secondary N) is 2. The number of imidazole rings is 1. The molecule has 4 nitrogen and oxygen atoms in total. The predicted molar refractivity (Wildman–Crippen MR) is 97.7 cm³/mol. The molecule has 1 aliphatic heterocycles. The topological polar surface area (TPSA) is 49.8 Å². The monoisotopic (exact) mass is 415 g/mol. The highest BCUT2D eigenvalue weighted by atomic mass is 32.1. The fraction of sp³-hybridized carbons (Fsp3) is 0.579. The summed E-state index contributed by atoms with van der Waals surface area (Å²) in [6.07, 6.45) is 0.472. The number of aromatic nitrogens is 2. The van der Waals surface area contributed by atoms with Crippen LogP contribution >= 0.6 is 12.2 Å². The summed E-state index contributed by atoms with van der Waals surface area (Å²) in [5, 5.41) is 2.86. The molecule has 2 heterocycles. The smallest absolute Gasteiger partial charge is 0.226 e. The van der Waals surface area contributed by atoms with Gasteiger partial charge in [-0.2, -0.15) is 0 Å². The number of allylic oxidation sites excluding steroid dienone is 4. The van der Waals surface area contributed by atoms with Gasteiger partial charge in [0.15, 0.2) is 16.8 Å². The number of alkyl halides is 1. The summed E-state index contributed by atoms with van der Waals surface area (Å²) in [4.78, 5) is 15.2. The second kappa shape index (κ2) is 6.86. The Balaban J connectivity index is 1.56. The van der Waals surface area contributed by atoms with Crippen molar-refractivity contribution in [1.82, 2.24) is 14.9 Å². The molecule has 2 aliphatic carbocycles. The Morgan fingerprint density at radius 2 is 2.11 bits per heavy atom. The van der Waals surface area contributed by atoms with Crippen molar-refractivity contribution < 1.29 is 22.4 Å². The number of rotatable bonds is 5. The van der Waals surface area contributed by atoms with E-state index in [1.165, 1.54) is 6.92 Å². The Labute approximate surface area is 164 Å². The molecule has 0 bridgehead atoms. The maximum absolute atomic E-state index is 14.6. The largest absolute Gasteiger partial charge is 0.355 e. The Bertz CT molecular complexity index is 945. The summed E-state index contributed by atoms with van der Waals surface area (Å²) < 4.78 is 58.9. The second-order valence-corrected chi connectivity index (χ2v) is 8.51. The minimum absolute atomic E-state index is 0.0716. The van der Waals surface area contributed by atoms with E-state index in [2.05, 4.69) is 10.3 Å². The van der Waals surface area contributed by atoms with Gasteiger partial charge in [0, 0.05) is 30.6 Å². The van der Waals surface area contributed by atoms with E-state index in [1.54, 1.807) is 4.57 Å². The van der Waals surface area contributed by atoms with E-state index in [9.17, 15) is 22.4 Å². The third kappa shape index (κ3) is 3.13. The summed E-state index contributed by atoms with van der Waals surface area (Å²) in [6.45, 7) is 1.96. The van der Waals surface area contributed by atoms with Crippen LogP contribution in [-0.2, 0) is 24.2 Å². The number of nitrogens with zero attached hydrogens (tertiary/aromatic N) is 1. The Morgan fingerprint density at radius 3 is 2.79 bits per heavy atom. The van der Waals surface area contributed by atoms with E-state index in [4.69, 9.17) is 12.2 Å². The van der Waals surface area contributed by atoms with Crippen LogP contribution in [0.1, 0.15) is 31.2 Å². The fourth-order valence-corrected chi connectivity index (χ4v) is 4.46. The zero-order chi connectivity index (χ0) is 20.2. The molecule has 9 heteroatoms. The first-order valence-electron chi connectivity index (χ1n) is 9.36. The average molecular weight is 415 g/mol. The number of hydrogen-bond donors (Lipinski definition) is 2. The van der Waals surface area contributed by atoms with E-state index in [0.29, 0.717) is 28.6 Å². The molecule has 0 radical (unpaired) electrons. The summed E-state index contributed by atoms with van der Waals surface area (Å²) >= 11 is 5.28. The molecule has 1 aromatic heterocycles. The Hall–Kier alpha value is -1.90. The lowest BCUT2D eigenvalue weighted by molar-refractivity contribution is -0.120. The third-order valence-electron chi connectivity index (χ3n) is 6.21. The van der Waals surface area contributed by atoms with Gasteiger partial charge in [-0.15, -0.1) is 0 Å². The van der Waals surface area contributed by atoms with Crippen LogP contribution in [-0.4, -0.2) is 28.2 Å². The van der Waals surface area contributed by atoms with Gasteiger partial charge < -0.3 is 14.9 Å². The van der Waals surface area contributed by atoms with Crippen molar-refractivity contribution in [1.29, 1.82) is 0 Å². The predicted octanol–water partition coefficient (Wildman–Crippen LogP) is 4.15. The van der Waals surface area contributed by atoms with Gasteiger partial charge in [-0.25, -0.2) is 17.6 Å². The molecule has 1 aromatic rings. The molecule has 0 aromatic carbocycles. The van der Waals surface area contributed by atoms with Crippen molar-refractivity contribution in [3.63, 3.8) is 0 Å². The average Bonchev–Trinajstić information content (AvgIpc) is 3.30. The molecule has 3 atom stereocenters. The van der Waals surface area contributed by atoms with Crippen LogP contribution in [0.15, 0.2) is 23.6 Å². The van der Waals surface area contributed by atoms with Crippen LogP contribution < -0.4 is 5.32 Å². The molecule has 3 aliphatic rings. The lowest BCUT2D eigenvalue weighted by Crippen LogP contribution is -2.41. The fourth-order valence-electron chi connectivity index (χ4n) is 4.15. The van der Waals surface area contributed by atoms with Crippen LogP contribution in [0, 0.1) is 22.0 Å². The molecule has 1 amide bonds. The zero-order valence-corrected chi connectivity index (χ0v) is 16.1. The number of halogens is 4. The molecular formula is C19H21F4N3OS. The van der Waals surface area contributed by atoms with Crippen molar-refractivity contribution >= 4 is 18.1 Å². The van der Waals surface area contributed by atoms with Gasteiger partial charge in [-0.1, -0.05) is 0 Å². The normalized spacial score (nSPS) is 29.7. The lowest BCUT2D eigenvalue weighted by atomic mass is 9.69. The van der Waals surface area contributed by atoms with E-state index in [0.717, 1.165) is 12.8 Å². The van der Waals surface area contributed by atoms with Gasteiger partial charge in [0.1, 0.15) is 11.7 Å². The molecule has 2 N–H and O–H groups in total. The van der Waals surface area contributed by atoms with Crippen LogP contribution in [0.4, 0.5) is 17.6 Å². The molecule has 0 saturated heterocycles. The van der Waals surface area contributed by atoms with Crippen molar-refractivity contribution in [3.05, 3.63) is 39.7 Å². The molecule has 0 spiro atoms. The Kier molecular flexibility index (Phi) is 4.76. The summed E-state index contributed by atoms with van der Waals surface area (Å²) in [7, 11) is 0. The molecule has 152 valence electrons. The van der Waals surface area contributed by atoms with Crippen molar-refractivity contribution in [3.8, 4) is 0 Å². The highest BCUT2D eigenvalue weighted by Crippen LogP contribution is 2.52. The highest BCUT2D eigenvalue weighted by Gasteiger charge is 2.53. The molecule has 2 unspecified atom stereocenters. The van der Waals surface area contributed by atoms with Crippen molar-refractivity contribution in [2.75, 3.05) is 6.54 Å². The SMILES string of the molecule is CC1([C@H]2Cc3c(CC(=O)NCC4CC4)[nH]c(=S)n3C2)C(F)=C(F)C=C(F)C1F. The zero-order valence-electron chi connectivity index (χ0n) is 15.3. The van der Waals surface area contributed by atoms with E-state index >= 15 is 0 Å². The van der Waals surface area contributed by atoms with Crippen molar-refractivity contribution in [2.45, 2.75) is 45.3 Å². The standard InChI is InChI=1S/C19H21F4N3OS/c1-19(16(22)11(20)5-12(21)17(19)23)10-4-14-13(25-18(28)26(14)8-10)6-15(27)24-7-9-2-3-9/h5,9-10,16H,2-4,6-8H2,1H3,(H,24,27)(H,25,28)/t10-,16?,19?/m0/s1. The van der Waals surface area contributed by atoms with Crippen LogP contribution in [0.25, 0.3) is 0 Å². The van der Waals surface area contributed by atoms with E-state index in [1.807, 2.05) is 0 Å².